The number of rotatable bonds is 3. The van der Waals surface area contributed by atoms with Gasteiger partial charge in [-0.15, -0.1) is 0 Å². The summed E-state index contributed by atoms with van der Waals surface area (Å²) in [6.45, 7) is 0. The third-order valence-corrected chi connectivity index (χ3v) is 3.93. The van der Waals surface area contributed by atoms with Crippen LogP contribution in [0.15, 0.2) is 46.9 Å². The second kappa shape index (κ2) is 6.41. The van der Waals surface area contributed by atoms with Gasteiger partial charge in [0.25, 0.3) is 0 Å². The minimum atomic E-state index is -0.913. The molecule has 0 heterocycles. The lowest BCUT2D eigenvalue weighted by Gasteiger charge is -2.10. The van der Waals surface area contributed by atoms with E-state index in [-0.39, 0.29) is 5.78 Å². The van der Waals surface area contributed by atoms with E-state index in [0.717, 1.165) is 0 Å². The molecule has 2 aromatic rings. The number of ketones is 1. The van der Waals surface area contributed by atoms with E-state index in [1.807, 2.05) is 6.07 Å². The first-order chi connectivity index (χ1) is 9.52. The Labute approximate surface area is 135 Å². The lowest BCUT2D eigenvalue weighted by atomic mass is 9.92. The van der Waals surface area contributed by atoms with Crippen LogP contribution in [0.5, 0.6) is 0 Å². The fraction of sp³-hybridized carbons (Fsp3) is 0.0667. The smallest absolute Gasteiger partial charge is 0.185 e. The Bertz CT molecular complexity index is 709. The Kier molecular flexibility index (Phi) is 4.82. The van der Waals surface area contributed by atoms with Crippen LogP contribution in [-0.2, 0) is 0 Å². The molecule has 0 aliphatic rings. The number of Topliss-reactive ketones (excluding diaryl/α,β-unsaturated/α-hetero) is 1. The van der Waals surface area contributed by atoms with E-state index in [2.05, 4.69) is 15.9 Å². The number of halogens is 3. The Morgan fingerprint density at radius 2 is 1.85 bits per heavy atom. The average Bonchev–Trinajstić information content (AvgIpc) is 2.42. The van der Waals surface area contributed by atoms with E-state index in [4.69, 9.17) is 23.2 Å². The summed E-state index contributed by atoms with van der Waals surface area (Å²) in [5.74, 6) is -1.23. The topological polar surface area (TPSA) is 40.9 Å². The summed E-state index contributed by atoms with van der Waals surface area (Å²) in [5, 5.41) is 10.2. The molecule has 0 fully saturated rings. The second-order valence-corrected chi connectivity index (χ2v) is 5.83. The molecule has 1 unspecified atom stereocenters. The molecule has 0 spiro atoms. The largest absolute Gasteiger partial charge is 0.292 e. The summed E-state index contributed by atoms with van der Waals surface area (Å²) in [5.41, 5.74) is 0.945. The Hall–Kier alpha value is -1.34. The maximum atomic E-state index is 12.5. The number of nitrogens with zero attached hydrogens (tertiary/aromatic N) is 1. The first-order valence-corrected chi connectivity index (χ1v) is 7.22. The summed E-state index contributed by atoms with van der Waals surface area (Å²) < 4.78 is 0.606. The van der Waals surface area contributed by atoms with Crippen molar-refractivity contribution in [2.75, 3.05) is 0 Å². The highest BCUT2D eigenvalue weighted by molar-refractivity contribution is 9.10. The highest BCUT2D eigenvalue weighted by Gasteiger charge is 2.24. The summed E-state index contributed by atoms with van der Waals surface area (Å²) in [7, 11) is 0. The molecule has 20 heavy (non-hydrogen) atoms. The summed E-state index contributed by atoms with van der Waals surface area (Å²) >= 11 is 15.1. The minimum absolute atomic E-state index is 0.316. The molecule has 0 amide bonds. The maximum absolute atomic E-state index is 12.5. The number of hydrogen-bond donors (Lipinski definition) is 0. The minimum Gasteiger partial charge on any atom is -0.292 e. The molecular formula is C15H8BrCl2NO. The molecule has 1 atom stereocenters. The molecule has 0 bridgehead atoms. The van der Waals surface area contributed by atoms with Gasteiger partial charge in [-0.05, 0) is 35.9 Å². The van der Waals surface area contributed by atoms with Crippen molar-refractivity contribution in [1.29, 1.82) is 5.26 Å². The van der Waals surface area contributed by atoms with Crippen LogP contribution in [0.2, 0.25) is 10.0 Å². The zero-order chi connectivity index (χ0) is 14.7. The van der Waals surface area contributed by atoms with Gasteiger partial charge in [-0.25, -0.2) is 0 Å². The fourth-order valence-corrected chi connectivity index (χ4v) is 2.63. The quantitative estimate of drug-likeness (QED) is 0.694. The van der Waals surface area contributed by atoms with Crippen molar-refractivity contribution in [2.45, 2.75) is 5.92 Å². The third-order valence-electron chi connectivity index (χ3n) is 2.77. The predicted octanol–water partition coefficient (Wildman–Crippen LogP) is 5.25. The molecule has 5 heteroatoms. The number of hydrogen-bond acceptors (Lipinski definition) is 2. The first kappa shape index (κ1) is 15.1. The molecule has 0 aliphatic heterocycles. The van der Waals surface area contributed by atoms with Crippen molar-refractivity contribution in [3.63, 3.8) is 0 Å². The van der Waals surface area contributed by atoms with Gasteiger partial charge in [0.1, 0.15) is 5.92 Å². The molecule has 0 radical (unpaired) electrons. The predicted molar refractivity (Wildman–Crippen MR) is 83.3 cm³/mol. The van der Waals surface area contributed by atoms with Crippen LogP contribution in [0.25, 0.3) is 0 Å². The Morgan fingerprint density at radius 3 is 2.50 bits per heavy atom. The van der Waals surface area contributed by atoms with Crippen molar-refractivity contribution in [2.24, 2.45) is 0 Å². The normalized spacial score (nSPS) is 11.7. The van der Waals surface area contributed by atoms with E-state index >= 15 is 0 Å². The van der Waals surface area contributed by atoms with Crippen LogP contribution in [-0.4, -0.2) is 5.78 Å². The zero-order valence-electron chi connectivity index (χ0n) is 10.1. The maximum Gasteiger partial charge on any atom is 0.185 e. The zero-order valence-corrected chi connectivity index (χ0v) is 13.2. The highest BCUT2D eigenvalue weighted by atomic mass is 79.9. The van der Waals surface area contributed by atoms with Gasteiger partial charge in [0.2, 0.25) is 0 Å². The molecule has 0 saturated heterocycles. The van der Waals surface area contributed by atoms with E-state index in [9.17, 15) is 10.1 Å². The van der Waals surface area contributed by atoms with Gasteiger partial charge in [0.15, 0.2) is 5.78 Å². The van der Waals surface area contributed by atoms with Crippen molar-refractivity contribution in [3.05, 3.63) is 68.1 Å². The van der Waals surface area contributed by atoms with Gasteiger partial charge in [0.05, 0.1) is 6.07 Å². The lowest BCUT2D eigenvalue weighted by molar-refractivity contribution is 0.0978. The van der Waals surface area contributed by atoms with E-state index in [0.29, 0.717) is 25.6 Å². The number of benzene rings is 2. The number of carbonyl (C=O) groups is 1. The molecule has 2 nitrogen and oxygen atoms in total. The van der Waals surface area contributed by atoms with Crippen LogP contribution in [0, 0.1) is 11.3 Å². The monoisotopic (exact) mass is 367 g/mol. The van der Waals surface area contributed by atoms with Gasteiger partial charge in [-0.3, -0.25) is 4.79 Å². The third kappa shape index (κ3) is 3.21. The molecule has 2 rings (SSSR count). The summed E-state index contributed by atoms with van der Waals surface area (Å²) in [6, 6.07) is 13.6. The molecular weight excluding hydrogens is 361 g/mol. The lowest BCUT2D eigenvalue weighted by Crippen LogP contribution is -2.12. The summed E-state index contributed by atoms with van der Waals surface area (Å²) in [6.07, 6.45) is 0. The van der Waals surface area contributed by atoms with Crippen LogP contribution in [0.1, 0.15) is 21.8 Å². The molecule has 0 aromatic heterocycles. The van der Waals surface area contributed by atoms with Crippen LogP contribution < -0.4 is 0 Å². The average molecular weight is 369 g/mol. The molecule has 0 N–H and O–H groups in total. The van der Waals surface area contributed by atoms with E-state index < -0.39 is 5.92 Å². The van der Waals surface area contributed by atoms with Gasteiger partial charge >= 0.3 is 0 Å². The van der Waals surface area contributed by atoms with Crippen molar-refractivity contribution in [1.82, 2.24) is 0 Å². The van der Waals surface area contributed by atoms with E-state index in [1.54, 1.807) is 42.5 Å². The van der Waals surface area contributed by atoms with Crippen LogP contribution in [0.3, 0.4) is 0 Å². The van der Waals surface area contributed by atoms with Gasteiger partial charge in [0, 0.05) is 20.1 Å². The Morgan fingerprint density at radius 1 is 1.15 bits per heavy atom. The van der Waals surface area contributed by atoms with E-state index in [1.165, 1.54) is 0 Å². The van der Waals surface area contributed by atoms with Crippen molar-refractivity contribution in [3.8, 4) is 6.07 Å². The SMILES string of the molecule is N#CC(C(=O)c1cc(Cl)ccc1Br)c1cccc(Cl)c1. The van der Waals surface area contributed by atoms with Crippen LogP contribution in [0.4, 0.5) is 0 Å². The Balaban J connectivity index is 2.45. The standard InChI is InChI=1S/C15H8BrCl2NO/c16-14-5-4-11(18)7-12(14)15(20)13(8-19)9-2-1-3-10(17)6-9/h1-7,13H. The van der Waals surface area contributed by atoms with Gasteiger partial charge in [-0.2, -0.15) is 5.26 Å². The van der Waals surface area contributed by atoms with Crippen molar-refractivity contribution < 1.29 is 4.79 Å². The van der Waals surface area contributed by atoms with Crippen LogP contribution >= 0.6 is 39.1 Å². The molecule has 0 aliphatic carbocycles. The second-order valence-electron chi connectivity index (χ2n) is 4.11. The molecule has 2 aromatic carbocycles. The molecule has 0 saturated carbocycles. The summed E-state index contributed by atoms with van der Waals surface area (Å²) in [4.78, 5) is 12.5. The molecule has 100 valence electrons. The number of carbonyl (C=O) groups excluding carboxylic acids is 1. The highest BCUT2D eigenvalue weighted by Crippen LogP contribution is 2.28. The first-order valence-electron chi connectivity index (χ1n) is 5.67. The van der Waals surface area contributed by atoms with Gasteiger partial charge in [-0.1, -0.05) is 51.3 Å². The van der Waals surface area contributed by atoms with Gasteiger partial charge < -0.3 is 0 Å². The fourth-order valence-electron chi connectivity index (χ4n) is 1.81. The van der Waals surface area contributed by atoms with Crippen molar-refractivity contribution >= 4 is 44.9 Å². The number of nitriles is 1.